The van der Waals surface area contributed by atoms with Crippen molar-refractivity contribution in [1.29, 1.82) is 0 Å². The van der Waals surface area contributed by atoms with Gasteiger partial charge in [-0.15, -0.1) is 0 Å². The first-order chi connectivity index (χ1) is 13.3. The predicted octanol–water partition coefficient (Wildman–Crippen LogP) is 1.84. The zero-order chi connectivity index (χ0) is 18.5. The zero-order valence-electron chi connectivity index (χ0n) is 15.5. The van der Waals surface area contributed by atoms with Gasteiger partial charge in [-0.2, -0.15) is 0 Å². The van der Waals surface area contributed by atoms with E-state index >= 15 is 0 Å². The average Bonchev–Trinajstić information content (AvgIpc) is 3.25. The fraction of sp³-hybridized carbons (Fsp3) is 0.450. The first-order valence-electron chi connectivity index (χ1n) is 9.66. The maximum atomic E-state index is 12.4. The highest BCUT2D eigenvalue weighted by Crippen LogP contribution is 2.22. The lowest BCUT2D eigenvalue weighted by atomic mass is 10.2. The molecule has 142 valence electrons. The van der Waals surface area contributed by atoms with Crippen molar-refractivity contribution in [2.24, 2.45) is 0 Å². The molecule has 0 aliphatic carbocycles. The Hall–Kier alpha value is -2.67. The minimum Gasteiger partial charge on any atom is -0.372 e. The summed E-state index contributed by atoms with van der Waals surface area (Å²) in [6.07, 6.45) is 7.71. The Morgan fingerprint density at radius 2 is 1.67 bits per heavy atom. The summed E-state index contributed by atoms with van der Waals surface area (Å²) in [5.74, 6) is 0.941. The topological polar surface area (TPSA) is 64.6 Å². The summed E-state index contributed by atoms with van der Waals surface area (Å²) in [5.41, 5.74) is 2.10. The molecule has 0 spiro atoms. The van der Waals surface area contributed by atoms with E-state index in [0.717, 1.165) is 50.8 Å². The van der Waals surface area contributed by atoms with Gasteiger partial charge >= 0.3 is 0 Å². The van der Waals surface area contributed by atoms with Crippen LogP contribution in [0, 0.1) is 0 Å². The highest BCUT2D eigenvalue weighted by molar-refractivity contribution is 5.92. The molecule has 1 aromatic heterocycles. The normalized spacial score (nSPS) is 17.9. The molecule has 0 saturated carbocycles. The van der Waals surface area contributed by atoms with Crippen LogP contribution in [0.4, 0.5) is 17.2 Å². The fourth-order valence-corrected chi connectivity index (χ4v) is 3.72. The van der Waals surface area contributed by atoms with E-state index in [4.69, 9.17) is 0 Å². The second-order valence-corrected chi connectivity index (χ2v) is 7.12. The minimum atomic E-state index is 0.0388. The Balaban J connectivity index is 1.24. The van der Waals surface area contributed by atoms with Crippen LogP contribution in [0.15, 0.2) is 42.9 Å². The fourth-order valence-electron chi connectivity index (χ4n) is 3.72. The van der Waals surface area contributed by atoms with Crippen molar-refractivity contribution in [3.63, 3.8) is 0 Å². The number of hydrogen-bond donors (Lipinski definition) is 1. The van der Waals surface area contributed by atoms with Crippen molar-refractivity contribution in [1.82, 2.24) is 14.9 Å². The molecule has 7 heteroatoms. The van der Waals surface area contributed by atoms with Crippen LogP contribution in [0.25, 0.3) is 0 Å². The van der Waals surface area contributed by atoms with Crippen molar-refractivity contribution in [2.75, 3.05) is 60.9 Å². The van der Waals surface area contributed by atoms with Crippen LogP contribution in [0.5, 0.6) is 0 Å². The van der Waals surface area contributed by atoms with Gasteiger partial charge in [0.1, 0.15) is 5.82 Å². The van der Waals surface area contributed by atoms with Crippen molar-refractivity contribution in [3.05, 3.63) is 42.9 Å². The van der Waals surface area contributed by atoms with Gasteiger partial charge in [0.2, 0.25) is 5.91 Å². The molecule has 1 aromatic carbocycles. The second kappa shape index (κ2) is 8.35. The lowest BCUT2D eigenvalue weighted by Gasteiger charge is -2.34. The predicted molar refractivity (Wildman–Crippen MR) is 107 cm³/mol. The van der Waals surface area contributed by atoms with Crippen LogP contribution in [0.1, 0.15) is 12.8 Å². The number of benzene rings is 1. The van der Waals surface area contributed by atoms with Gasteiger partial charge in [0.05, 0.1) is 12.7 Å². The maximum absolute atomic E-state index is 12.4. The number of nitrogens with one attached hydrogen (secondary N) is 1. The zero-order valence-corrected chi connectivity index (χ0v) is 15.5. The third-order valence-corrected chi connectivity index (χ3v) is 5.24. The molecule has 27 heavy (non-hydrogen) atoms. The van der Waals surface area contributed by atoms with Gasteiger partial charge < -0.3 is 15.1 Å². The molecule has 1 N–H and O–H groups in total. The van der Waals surface area contributed by atoms with Gasteiger partial charge in [-0.1, -0.05) is 0 Å². The second-order valence-electron chi connectivity index (χ2n) is 7.12. The largest absolute Gasteiger partial charge is 0.372 e. The number of hydrogen-bond acceptors (Lipinski definition) is 6. The van der Waals surface area contributed by atoms with Gasteiger partial charge in [0.15, 0.2) is 0 Å². The highest BCUT2D eigenvalue weighted by Gasteiger charge is 2.20. The van der Waals surface area contributed by atoms with Crippen LogP contribution in [-0.2, 0) is 4.79 Å². The molecule has 2 saturated heterocycles. The number of piperazine rings is 1. The minimum absolute atomic E-state index is 0.0388. The summed E-state index contributed by atoms with van der Waals surface area (Å²) >= 11 is 0. The first-order valence-corrected chi connectivity index (χ1v) is 9.66. The maximum Gasteiger partial charge on any atom is 0.238 e. The standard InChI is InChI=1S/C20H26N6O/c27-20(23-17-3-5-18(6-4-17)25-9-1-2-10-25)16-24-11-13-26(14-12-24)19-15-21-7-8-22-19/h3-8,15H,1-2,9-14,16H2,(H,23,27). The monoisotopic (exact) mass is 366 g/mol. The van der Waals surface area contributed by atoms with E-state index in [0.29, 0.717) is 6.54 Å². The molecule has 7 nitrogen and oxygen atoms in total. The quantitative estimate of drug-likeness (QED) is 0.871. The third-order valence-electron chi connectivity index (χ3n) is 5.24. The van der Waals surface area contributed by atoms with E-state index in [9.17, 15) is 4.79 Å². The lowest BCUT2D eigenvalue weighted by molar-refractivity contribution is -0.117. The summed E-state index contributed by atoms with van der Waals surface area (Å²) in [7, 11) is 0. The molecular formula is C20H26N6O. The molecule has 0 unspecified atom stereocenters. The van der Waals surface area contributed by atoms with Gasteiger partial charge in [-0.25, -0.2) is 4.98 Å². The van der Waals surface area contributed by atoms with Crippen molar-refractivity contribution >= 4 is 23.1 Å². The van der Waals surface area contributed by atoms with Crippen LogP contribution >= 0.6 is 0 Å². The average molecular weight is 366 g/mol. The van der Waals surface area contributed by atoms with E-state index in [1.54, 1.807) is 18.6 Å². The summed E-state index contributed by atoms with van der Waals surface area (Å²) < 4.78 is 0. The van der Waals surface area contributed by atoms with E-state index in [-0.39, 0.29) is 5.91 Å². The van der Waals surface area contributed by atoms with Crippen molar-refractivity contribution < 1.29 is 4.79 Å². The van der Waals surface area contributed by atoms with Crippen LogP contribution in [0.3, 0.4) is 0 Å². The Kier molecular flexibility index (Phi) is 5.48. The molecule has 0 bridgehead atoms. The Morgan fingerprint density at radius 1 is 0.926 bits per heavy atom. The molecule has 4 rings (SSSR count). The lowest BCUT2D eigenvalue weighted by Crippen LogP contribution is -2.48. The summed E-state index contributed by atoms with van der Waals surface area (Å²) in [4.78, 5) is 27.6. The molecule has 2 aliphatic rings. The molecule has 2 fully saturated rings. The highest BCUT2D eigenvalue weighted by atomic mass is 16.2. The molecular weight excluding hydrogens is 340 g/mol. The van der Waals surface area contributed by atoms with Gasteiger partial charge in [-0.3, -0.25) is 14.7 Å². The van der Waals surface area contributed by atoms with E-state index in [1.165, 1.54) is 18.5 Å². The van der Waals surface area contributed by atoms with Crippen LogP contribution in [0.2, 0.25) is 0 Å². The number of amides is 1. The van der Waals surface area contributed by atoms with Crippen molar-refractivity contribution in [3.8, 4) is 0 Å². The number of rotatable bonds is 5. The molecule has 2 aliphatic heterocycles. The van der Waals surface area contributed by atoms with E-state index < -0.39 is 0 Å². The number of aromatic nitrogens is 2. The van der Waals surface area contributed by atoms with Crippen LogP contribution < -0.4 is 15.1 Å². The first kappa shape index (κ1) is 17.7. The molecule has 3 heterocycles. The van der Waals surface area contributed by atoms with Gasteiger partial charge in [0, 0.05) is 63.0 Å². The SMILES string of the molecule is O=C(CN1CCN(c2cnccn2)CC1)Nc1ccc(N2CCCC2)cc1. The summed E-state index contributed by atoms with van der Waals surface area (Å²) in [6.45, 7) is 6.09. The summed E-state index contributed by atoms with van der Waals surface area (Å²) in [6, 6.07) is 8.19. The number of carbonyl (C=O) groups is 1. The number of anilines is 3. The Labute approximate surface area is 160 Å². The molecule has 0 atom stereocenters. The smallest absolute Gasteiger partial charge is 0.238 e. The third kappa shape index (κ3) is 4.54. The molecule has 2 aromatic rings. The summed E-state index contributed by atoms with van der Waals surface area (Å²) in [5, 5.41) is 3.01. The molecule has 1 amide bonds. The number of carbonyl (C=O) groups excluding carboxylic acids is 1. The Bertz CT molecular complexity index is 737. The Morgan fingerprint density at radius 3 is 2.33 bits per heavy atom. The van der Waals surface area contributed by atoms with Gasteiger partial charge in [-0.05, 0) is 37.1 Å². The van der Waals surface area contributed by atoms with E-state index in [2.05, 4.69) is 42.1 Å². The van der Waals surface area contributed by atoms with Crippen LogP contribution in [-0.4, -0.2) is 66.6 Å². The van der Waals surface area contributed by atoms with Crippen molar-refractivity contribution in [2.45, 2.75) is 12.8 Å². The molecule has 0 radical (unpaired) electrons. The van der Waals surface area contributed by atoms with Gasteiger partial charge in [0.25, 0.3) is 0 Å². The van der Waals surface area contributed by atoms with E-state index in [1.807, 2.05) is 12.1 Å². The number of nitrogens with zero attached hydrogens (tertiary/aromatic N) is 5.